The number of carbonyl (C=O) groups is 1. The van der Waals surface area contributed by atoms with Crippen molar-refractivity contribution in [3.8, 4) is 0 Å². The summed E-state index contributed by atoms with van der Waals surface area (Å²) in [6.07, 6.45) is 1.93. The standard InChI is InChI=1S/C10H15IO2/c1-4-6(2)9-7(3)8(5-11)13-10(9)12/h4,6-9H,1,5H2,2-3H3/t6-,7-,8+,9-/m0/s1. The maximum atomic E-state index is 11.5. The molecule has 0 aliphatic carbocycles. The van der Waals surface area contributed by atoms with Gasteiger partial charge in [-0.3, -0.25) is 4.79 Å². The van der Waals surface area contributed by atoms with Crippen molar-refractivity contribution in [3.63, 3.8) is 0 Å². The van der Waals surface area contributed by atoms with Crippen molar-refractivity contribution < 1.29 is 9.53 Å². The van der Waals surface area contributed by atoms with Crippen LogP contribution in [0, 0.1) is 17.8 Å². The topological polar surface area (TPSA) is 26.3 Å². The van der Waals surface area contributed by atoms with Crippen molar-refractivity contribution >= 4 is 28.6 Å². The minimum Gasteiger partial charge on any atom is -0.461 e. The van der Waals surface area contributed by atoms with Crippen LogP contribution in [0.5, 0.6) is 0 Å². The van der Waals surface area contributed by atoms with Crippen LogP contribution >= 0.6 is 22.6 Å². The number of hydrogen-bond donors (Lipinski definition) is 0. The zero-order valence-corrected chi connectivity index (χ0v) is 10.2. The van der Waals surface area contributed by atoms with Crippen LogP contribution in [-0.2, 0) is 9.53 Å². The van der Waals surface area contributed by atoms with Crippen molar-refractivity contribution in [2.75, 3.05) is 4.43 Å². The predicted molar refractivity (Wildman–Crippen MR) is 60.8 cm³/mol. The fraction of sp³-hybridized carbons (Fsp3) is 0.700. The number of rotatable bonds is 3. The van der Waals surface area contributed by atoms with Crippen molar-refractivity contribution in [1.29, 1.82) is 0 Å². The zero-order chi connectivity index (χ0) is 10.0. The molecule has 0 bridgehead atoms. The summed E-state index contributed by atoms with van der Waals surface area (Å²) >= 11 is 2.26. The summed E-state index contributed by atoms with van der Waals surface area (Å²) in [5.74, 6) is 0.492. The van der Waals surface area contributed by atoms with Gasteiger partial charge < -0.3 is 4.74 Å². The number of carbonyl (C=O) groups excluding carboxylic acids is 1. The lowest BCUT2D eigenvalue weighted by molar-refractivity contribution is -0.144. The van der Waals surface area contributed by atoms with Gasteiger partial charge in [-0.25, -0.2) is 0 Å². The molecular weight excluding hydrogens is 279 g/mol. The molecule has 1 fully saturated rings. The van der Waals surface area contributed by atoms with E-state index < -0.39 is 0 Å². The van der Waals surface area contributed by atoms with Crippen LogP contribution in [0.1, 0.15) is 13.8 Å². The molecule has 1 rings (SSSR count). The van der Waals surface area contributed by atoms with E-state index in [1.807, 2.05) is 13.0 Å². The van der Waals surface area contributed by atoms with Crippen LogP contribution in [0.3, 0.4) is 0 Å². The van der Waals surface area contributed by atoms with E-state index in [1.165, 1.54) is 0 Å². The average molecular weight is 294 g/mol. The molecule has 74 valence electrons. The Morgan fingerprint density at radius 2 is 2.38 bits per heavy atom. The highest BCUT2D eigenvalue weighted by molar-refractivity contribution is 14.1. The summed E-state index contributed by atoms with van der Waals surface area (Å²) in [6.45, 7) is 7.82. The molecule has 4 atom stereocenters. The van der Waals surface area contributed by atoms with Crippen molar-refractivity contribution in [2.24, 2.45) is 17.8 Å². The van der Waals surface area contributed by atoms with Gasteiger partial charge in [0.25, 0.3) is 0 Å². The molecule has 1 aliphatic heterocycles. The summed E-state index contributed by atoms with van der Waals surface area (Å²) < 4.78 is 6.14. The number of ether oxygens (including phenoxy) is 1. The van der Waals surface area contributed by atoms with Gasteiger partial charge in [0.1, 0.15) is 6.10 Å². The molecule has 0 N–H and O–H groups in total. The number of hydrogen-bond acceptors (Lipinski definition) is 2. The van der Waals surface area contributed by atoms with Crippen LogP contribution in [0.15, 0.2) is 12.7 Å². The Hall–Kier alpha value is -0.0600. The van der Waals surface area contributed by atoms with Gasteiger partial charge in [-0.2, -0.15) is 0 Å². The van der Waals surface area contributed by atoms with Crippen molar-refractivity contribution in [1.82, 2.24) is 0 Å². The minimum atomic E-state index is -0.0541. The molecule has 1 aliphatic rings. The second-order valence-electron chi connectivity index (χ2n) is 3.61. The van der Waals surface area contributed by atoms with Gasteiger partial charge in [0.15, 0.2) is 0 Å². The highest BCUT2D eigenvalue weighted by Gasteiger charge is 2.42. The summed E-state index contributed by atoms with van der Waals surface area (Å²) in [6, 6.07) is 0. The smallest absolute Gasteiger partial charge is 0.310 e. The van der Waals surface area contributed by atoms with Gasteiger partial charge in [0.05, 0.1) is 5.92 Å². The second kappa shape index (κ2) is 4.44. The molecule has 13 heavy (non-hydrogen) atoms. The van der Waals surface area contributed by atoms with E-state index in [0.29, 0.717) is 5.92 Å². The third-order valence-corrected chi connectivity index (χ3v) is 3.65. The third kappa shape index (κ3) is 2.06. The highest BCUT2D eigenvalue weighted by atomic mass is 127. The quantitative estimate of drug-likeness (QED) is 0.346. The Labute approximate surface area is 92.9 Å². The van der Waals surface area contributed by atoms with Crippen LogP contribution in [0.4, 0.5) is 0 Å². The van der Waals surface area contributed by atoms with E-state index in [2.05, 4.69) is 36.1 Å². The molecule has 0 saturated carbocycles. The molecule has 0 radical (unpaired) electrons. The number of allylic oxidation sites excluding steroid dienone is 1. The number of cyclic esters (lactones) is 1. The first-order chi connectivity index (χ1) is 6.11. The van der Waals surface area contributed by atoms with Crippen LogP contribution in [0.2, 0.25) is 0 Å². The SMILES string of the molecule is C=C[C@H](C)[C@@H]1C(=O)O[C@H](CI)[C@@H]1C. The fourth-order valence-electron chi connectivity index (χ4n) is 1.79. The van der Waals surface area contributed by atoms with E-state index in [1.54, 1.807) is 0 Å². The molecule has 0 amide bonds. The lowest BCUT2D eigenvalue weighted by Gasteiger charge is -2.17. The van der Waals surface area contributed by atoms with E-state index in [-0.39, 0.29) is 23.9 Å². The average Bonchev–Trinajstić information content (AvgIpc) is 2.40. The minimum absolute atomic E-state index is 0.0114. The van der Waals surface area contributed by atoms with Crippen molar-refractivity contribution in [2.45, 2.75) is 20.0 Å². The molecule has 0 spiro atoms. The van der Waals surface area contributed by atoms with Crippen LogP contribution in [-0.4, -0.2) is 16.5 Å². The first kappa shape index (κ1) is 11.0. The molecule has 0 aromatic carbocycles. The maximum absolute atomic E-state index is 11.5. The molecule has 3 heteroatoms. The zero-order valence-electron chi connectivity index (χ0n) is 8.00. The molecule has 1 heterocycles. The van der Waals surface area contributed by atoms with E-state index in [4.69, 9.17) is 4.74 Å². The van der Waals surface area contributed by atoms with Gasteiger partial charge in [-0.15, -0.1) is 6.58 Å². The normalized spacial score (nSPS) is 35.6. The lowest BCUT2D eigenvalue weighted by atomic mass is 9.83. The Balaban J connectivity index is 2.75. The summed E-state index contributed by atoms with van der Waals surface area (Å²) in [4.78, 5) is 11.5. The Morgan fingerprint density at radius 1 is 1.77 bits per heavy atom. The number of alkyl halides is 1. The highest BCUT2D eigenvalue weighted by Crippen LogP contribution is 2.34. The Bertz CT molecular complexity index is 215. The van der Waals surface area contributed by atoms with Gasteiger partial charge in [-0.05, 0) is 5.92 Å². The first-order valence-electron chi connectivity index (χ1n) is 4.50. The van der Waals surface area contributed by atoms with Gasteiger partial charge in [0.2, 0.25) is 0 Å². The fourth-order valence-corrected chi connectivity index (χ4v) is 2.78. The van der Waals surface area contributed by atoms with Gasteiger partial charge in [-0.1, -0.05) is 42.5 Å². The lowest BCUT2D eigenvalue weighted by Crippen LogP contribution is -2.23. The molecule has 0 unspecified atom stereocenters. The Morgan fingerprint density at radius 3 is 2.77 bits per heavy atom. The molecule has 1 saturated heterocycles. The molecular formula is C10H15IO2. The monoisotopic (exact) mass is 294 g/mol. The molecule has 0 aromatic heterocycles. The van der Waals surface area contributed by atoms with Crippen LogP contribution in [0.25, 0.3) is 0 Å². The summed E-state index contributed by atoms with van der Waals surface area (Å²) in [7, 11) is 0. The first-order valence-corrected chi connectivity index (χ1v) is 6.03. The van der Waals surface area contributed by atoms with E-state index >= 15 is 0 Å². The molecule has 2 nitrogen and oxygen atoms in total. The third-order valence-electron chi connectivity index (χ3n) is 2.78. The number of esters is 1. The Kier molecular flexibility index (Phi) is 3.76. The van der Waals surface area contributed by atoms with Gasteiger partial charge >= 0.3 is 5.97 Å². The van der Waals surface area contributed by atoms with E-state index in [9.17, 15) is 4.79 Å². The van der Waals surface area contributed by atoms with Gasteiger partial charge in [0, 0.05) is 10.3 Å². The van der Waals surface area contributed by atoms with Crippen LogP contribution < -0.4 is 0 Å². The second-order valence-corrected chi connectivity index (χ2v) is 4.49. The molecule has 0 aromatic rings. The largest absolute Gasteiger partial charge is 0.461 e. The maximum Gasteiger partial charge on any atom is 0.310 e. The summed E-state index contributed by atoms with van der Waals surface area (Å²) in [5, 5.41) is 0. The predicted octanol–water partition coefficient (Wildman–Crippen LogP) is 2.42. The van der Waals surface area contributed by atoms with Crippen molar-refractivity contribution in [3.05, 3.63) is 12.7 Å². The number of halogens is 1. The summed E-state index contributed by atoms with van der Waals surface area (Å²) in [5.41, 5.74) is 0. The van der Waals surface area contributed by atoms with E-state index in [0.717, 1.165) is 4.43 Å².